The van der Waals surface area contributed by atoms with Crippen LogP contribution in [0.5, 0.6) is 0 Å². The Balaban J connectivity index is 1.94. The van der Waals surface area contributed by atoms with E-state index in [9.17, 15) is 18.0 Å². The number of amides is 2. The average Bonchev–Trinajstić information content (AvgIpc) is 2.87. The van der Waals surface area contributed by atoms with Crippen molar-refractivity contribution in [1.82, 2.24) is 10.2 Å². The van der Waals surface area contributed by atoms with Crippen LogP contribution < -0.4 is 5.32 Å². The standard InChI is InChI=1S/C12H20N2O5S2/c15-11(16)6-9-8-21(18,19)5-3-14(9)12(17)13-7-10-2-1-4-20-10/h9-10H,1-8H2,(H,13,17)(H,15,16). The van der Waals surface area contributed by atoms with E-state index in [4.69, 9.17) is 5.11 Å². The first-order chi connectivity index (χ1) is 9.87. The van der Waals surface area contributed by atoms with E-state index >= 15 is 0 Å². The minimum absolute atomic E-state index is 0.0594. The van der Waals surface area contributed by atoms with Gasteiger partial charge < -0.3 is 15.3 Å². The number of aliphatic carboxylic acids is 1. The molecule has 2 heterocycles. The molecule has 21 heavy (non-hydrogen) atoms. The van der Waals surface area contributed by atoms with Crippen molar-refractivity contribution in [2.45, 2.75) is 30.6 Å². The van der Waals surface area contributed by atoms with Crippen molar-refractivity contribution in [1.29, 1.82) is 0 Å². The Bertz CT molecular complexity index is 502. The van der Waals surface area contributed by atoms with Crippen LogP contribution in [0.25, 0.3) is 0 Å². The van der Waals surface area contributed by atoms with E-state index in [-0.39, 0.29) is 30.5 Å². The average molecular weight is 336 g/mol. The molecular formula is C12H20N2O5S2. The predicted octanol–water partition coefficient (Wildman–Crippen LogP) is 0.165. The summed E-state index contributed by atoms with van der Waals surface area (Å²) in [4.78, 5) is 24.4. The minimum Gasteiger partial charge on any atom is -0.481 e. The Morgan fingerprint density at radius 3 is 2.76 bits per heavy atom. The van der Waals surface area contributed by atoms with Crippen molar-refractivity contribution < 1.29 is 23.1 Å². The number of urea groups is 1. The summed E-state index contributed by atoms with van der Waals surface area (Å²) in [5.74, 6) is -0.370. The molecule has 0 aromatic heterocycles. The molecule has 2 amide bonds. The molecule has 2 rings (SSSR count). The van der Waals surface area contributed by atoms with Gasteiger partial charge in [-0.3, -0.25) is 4.79 Å². The summed E-state index contributed by atoms with van der Waals surface area (Å²) in [7, 11) is -3.26. The number of carbonyl (C=O) groups excluding carboxylic acids is 1. The summed E-state index contributed by atoms with van der Waals surface area (Å²) in [6.07, 6.45) is 1.87. The number of carboxylic acids is 1. The van der Waals surface area contributed by atoms with E-state index in [2.05, 4.69) is 5.32 Å². The van der Waals surface area contributed by atoms with E-state index in [1.165, 1.54) is 4.90 Å². The molecule has 7 nitrogen and oxygen atoms in total. The molecule has 0 aliphatic carbocycles. The normalized spacial score (nSPS) is 28.3. The molecule has 0 bridgehead atoms. The van der Waals surface area contributed by atoms with Gasteiger partial charge in [0.15, 0.2) is 9.84 Å². The minimum atomic E-state index is -3.26. The van der Waals surface area contributed by atoms with Crippen LogP contribution in [0.1, 0.15) is 19.3 Å². The number of thioether (sulfide) groups is 1. The highest BCUT2D eigenvalue weighted by atomic mass is 32.2. The van der Waals surface area contributed by atoms with Gasteiger partial charge in [-0.25, -0.2) is 13.2 Å². The van der Waals surface area contributed by atoms with Crippen LogP contribution in [0.3, 0.4) is 0 Å². The fraction of sp³-hybridized carbons (Fsp3) is 0.833. The summed E-state index contributed by atoms with van der Waals surface area (Å²) >= 11 is 1.82. The SMILES string of the molecule is O=C(O)CC1CS(=O)(=O)CCN1C(=O)NCC1CCCS1. The number of nitrogens with zero attached hydrogens (tertiary/aromatic N) is 1. The number of carboxylic acid groups (broad SMARTS) is 1. The van der Waals surface area contributed by atoms with Crippen molar-refractivity contribution in [2.75, 3.05) is 30.3 Å². The molecule has 0 saturated carbocycles. The Morgan fingerprint density at radius 1 is 1.38 bits per heavy atom. The van der Waals surface area contributed by atoms with Gasteiger partial charge in [0.2, 0.25) is 0 Å². The van der Waals surface area contributed by atoms with E-state index in [1.807, 2.05) is 11.8 Å². The van der Waals surface area contributed by atoms with Gasteiger partial charge in [-0.2, -0.15) is 11.8 Å². The smallest absolute Gasteiger partial charge is 0.317 e. The molecule has 2 fully saturated rings. The fourth-order valence-electron chi connectivity index (χ4n) is 2.63. The largest absolute Gasteiger partial charge is 0.481 e. The predicted molar refractivity (Wildman–Crippen MR) is 80.3 cm³/mol. The number of hydrogen-bond donors (Lipinski definition) is 2. The van der Waals surface area contributed by atoms with Gasteiger partial charge in [-0.15, -0.1) is 0 Å². The van der Waals surface area contributed by atoms with Gasteiger partial charge in [0.1, 0.15) is 0 Å². The maximum Gasteiger partial charge on any atom is 0.317 e. The first kappa shape index (κ1) is 16.4. The third-order valence-corrected chi connectivity index (χ3v) is 6.80. The van der Waals surface area contributed by atoms with E-state index in [0.29, 0.717) is 11.8 Å². The Morgan fingerprint density at radius 2 is 2.14 bits per heavy atom. The van der Waals surface area contributed by atoms with Gasteiger partial charge in [0, 0.05) is 18.3 Å². The number of nitrogens with one attached hydrogen (secondary N) is 1. The Kier molecular flexibility index (Phi) is 5.37. The van der Waals surface area contributed by atoms with E-state index < -0.39 is 21.8 Å². The van der Waals surface area contributed by atoms with Gasteiger partial charge >= 0.3 is 12.0 Å². The number of sulfone groups is 1. The molecule has 120 valence electrons. The van der Waals surface area contributed by atoms with Crippen molar-refractivity contribution in [3.8, 4) is 0 Å². The van der Waals surface area contributed by atoms with Crippen LogP contribution in [-0.4, -0.2) is 72.1 Å². The zero-order valence-electron chi connectivity index (χ0n) is 11.7. The molecular weight excluding hydrogens is 316 g/mol. The molecule has 0 radical (unpaired) electrons. The first-order valence-electron chi connectivity index (χ1n) is 6.96. The highest BCUT2D eigenvalue weighted by Gasteiger charge is 2.35. The zero-order valence-corrected chi connectivity index (χ0v) is 13.3. The molecule has 2 saturated heterocycles. The highest BCUT2D eigenvalue weighted by Crippen LogP contribution is 2.25. The molecule has 2 aliphatic heterocycles. The Hall–Kier alpha value is -0.960. The zero-order chi connectivity index (χ0) is 15.5. The van der Waals surface area contributed by atoms with Crippen molar-refractivity contribution >= 4 is 33.6 Å². The number of carbonyl (C=O) groups is 2. The van der Waals surface area contributed by atoms with Crippen LogP contribution in [-0.2, 0) is 14.6 Å². The van der Waals surface area contributed by atoms with Crippen LogP contribution in [0.2, 0.25) is 0 Å². The van der Waals surface area contributed by atoms with E-state index in [1.54, 1.807) is 0 Å². The molecule has 2 aliphatic rings. The maximum absolute atomic E-state index is 12.2. The van der Waals surface area contributed by atoms with Gasteiger partial charge in [-0.05, 0) is 18.6 Å². The molecule has 2 atom stereocenters. The lowest BCUT2D eigenvalue weighted by Crippen LogP contribution is -2.55. The monoisotopic (exact) mass is 336 g/mol. The molecule has 0 aromatic carbocycles. The summed E-state index contributed by atoms with van der Waals surface area (Å²) in [6, 6.07) is -1.14. The second-order valence-corrected chi connectivity index (χ2v) is 9.02. The van der Waals surface area contributed by atoms with Crippen LogP contribution >= 0.6 is 11.8 Å². The van der Waals surface area contributed by atoms with Crippen molar-refractivity contribution in [2.24, 2.45) is 0 Å². The van der Waals surface area contributed by atoms with Crippen molar-refractivity contribution in [3.63, 3.8) is 0 Å². The van der Waals surface area contributed by atoms with Crippen LogP contribution in [0, 0.1) is 0 Å². The summed E-state index contributed by atoms with van der Waals surface area (Å²) in [6.45, 7) is 0.608. The quantitative estimate of drug-likeness (QED) is 0.758. The lowest BCUT2D eigenvalue weighted by atomic mass is 10.2. The fourth-order valence-corrected chi connectivity index (χ4v) is 5.36. The maximum atomic E-state index is 12.2. The molecule has 0 spiro atoms. The number of rotatable bonds is 4. The molecule has 9 heteroatoms. The molecule has 2 N–H and O–H groups in total. The van der Waals surface area contributed by atoms with Gasteiger partial charge in [0.25, 0.3) is 0 Å². The molecule has 2 unspecified atom stereocenters. The first-order valence-corrected chi connectivity index (χ1v) is 9.83. The second kappa shape index (κ2) is 6.87. The van der Waals surface area contributed by atoms with Crippen LogP contribution in [0.15, 0.2) is 0 Å². The number of hydrogen-bond acceptors (Lipinski definition) is 5. The lowest BCUT2D eigenvalue weighted by molar-refractivity contribution is -0.138. The summed E-state index contributed by atoms with van der Waals surface area (Å²) in [5.41, 5.74) is 0. The third-order valence-electron chi connectivity index (χ3n) is 3.71. The summed E-state index contributed by atoms with van der Waals surface area (Å²) < 4.78 is 23.2. The lowest BCUT2D eigenvalue weighted by Gasteiger charge is -2.34. The highest BCUT2D eigenvalue weighted by molar-refractivity contribution is 8.00. The van der Waals surface area contributed by atoms with Crippen LogP contribution in [0.4, 0.5) is 4.79 Å². The van der Waals surface area contributed by atoms with Crippen molar-refractivity contribution in [3.05, 3.63) is 0 Å². The Labute approximate surface area is 128 Å². The summed E-state index contributed by atoms with van der Waals surface area (Å²) in [5, 5.41) is 12.1. The van der Waals surface area contributed by atoms with Gasteiger partial charge in [0.05, 0.1) is 24.0 Å². The topological polar surface area (TPSA) is 104 Å². The molecule has 0 aromatic rings. The second-order valence-electron chi connectivity index (χ2n) is 5.38. The third kappa shape index (κ3) is 4.77. The van der Waals surface area contributed by atoms with E-state index in [0.717, 1.165) is 18.6 Å². The van der Waals surface area contributed by atoms with Gasteiger partial charge in [-0.1, -0.05) is 0 Å².